The summed E-state index contributed by atoms with van der Waals surface area (Å²) in [6.07, 6.45) is 1.68. The number of nitrogens with one attached hydrogen (secondary N) is 1. The highest BCUT2D eigenvalue weighted by Gasteiger charge is 2.31. The Balaban J connectivity index is 2.72. The van der Waals surface area contributed by atoms with Crippen molar-refractivity contribution in [2.75, 3.05) is 6.54 Å². The first-order chi connectivity index (χ1) is 7.08. The van der Waals surface area contributed by atoms with E-state index in [1.807, 2.05) is 6.92 Å². The first-order valence-corrected chi connectivity index (χ1v) is 5.27. The van der Waals surface area contributed by atoms with Crippen molar-refractivity contribution in [3.63, 3.8) is 0 Å². The molecule has 1 rings (SSSR count). The van der Waals surface area contributed by atoms with Crippen LogP contribution in [0.15, 0.2) is 24.3 Å². The second kappa shape index (κ2) is 5.21. The highest BCUT2D eigenvalue weighted by molar-refractivity contribution is 5.29. The van der Waals surface area contributed by atoms with Crippen molar-refractivity contribution in [2.45, 2.75) is 32.7 Å². The Morgan fingerprint density at radius 2 is 1.93 bits per heavy atom. The lowest BCUT2D eigenvalue weighted by atomic mass is 10.1. The lowest BCUT2D eigenvalue weighted by Crippen LogP contribution is -2.35. The molecular weight excluding hydrogens is 196 g/mol. The highest BCUT2D eigenvalue weighted by Crippen LogP contribution is 2.27. The Morgan fingerprint density at radius 3 is 2.53 bits per heavy atom. The molecule has 0 spiro atoms. The van der Waals surface area contributed by atoms with Crippen LogP contribution in [0.5, 0.6) is 0 Å². The summed E-state index contributed by atoms with van der Waals surface area (Å²) in [7, 11) is 0. The van der Waals surface area contributed by atoms with E-state index in [1.54, 1.807) is 25.1 Å². The van der Waals surface area contributed by atoms with Crippen LogP contribution in [-0.2, 0) is 6.05 Å². The number of halogens is 2. The molecule has 1 nitrogen and oxygen atoms in total. The van der Waals surface area contributed by atoms with Crippen molar-refractivity contribution in [3.8, 4) is 0 Å². The lowest BCUT2D eigenvalue weighted by Gasteiger charge is -2.19. The maximum absolute atomic E-state index is 13.6. The minimum atomic E-state index is -2.92. The Morgan fingerprint density at radius 1 is 1.27 bits per heavy atom. The molecule has 0 saturated heterocycles. The van der Waals surface area contributed by atoms with Gasteiger partial charge in [0.1, 0.15) is 0 Å². The van der Waals surface area contributed by atoms with Crippen molar-refractivity contribution in [2.24, 2.45) is 0 Å². The number of aryl methyl sites for hydroxylation is 1. The van der Waals surface area contributed by atoms with Crippen LogP contribution < -0.4 is 5.32 Å². The van der Waals surface area contributed by atoms with Crippen LogP contribution in [0.4, 0.5) is 8.78 Å². The van der Waals surface area contributed by atoms with Crippen LogP contribution in [0.3, 0.4) is 0 Å². The molecule has 0 atom stereocenters. The topological polar surface area (TPSA) is 12.0 Å². The molecule has 0 radical (unpaired) electrons. The Hall–Kier alpha value is -0.960. The minimum absolute atomic E-state index is 0.0705. The van der Waals surface area contributed by atoms with Gasteiger partial charge in [0, 0.05) is 12.1 Å². The van der Waals surface area contributed by atoms with E-state index < -0.39 is 6.05 Å². The van der Waals surface area contributed by atoms with Gasteiger partial charge in [-0.3, -0.25) is 5.32 Å². The number of hydrogen-bond acceptors (Lipinski definition) is 1. The van der Waals surface area contributed by atoms with Crippen molar-refractivity contribution in [1.29, 1.82) is 0 Å². The first kappa shape index (κ1) is 12.1. The molecule has 0 aliphatic rings. The summed E-state index contributed by atoms with van der Waals surface area (Å²) in [6, 6.07) is 3.65. The Bertz CT molecular complexity index is 310. The third-order valence-electron chi connectivity index (χ3n) is 2.36. The lowest BCUT2D eigenvalue weighted by molar-refractivity contribution is -0.0416. The number of benzene rings is 1. The molecule has 0 fully saturated rings. The summed E-state index contributed by atoms with van der Waals surface area (Å²) in [6.45, 7) is 4.02. The molecular formula is C12H17F2N. The molecule has 0 bridgehead atoms. The molecule has 1 N–H and O–H groups in total. The fraction of sp³-hybridized carbons (Fsp3) is 0.500. The molecule has 1 aromatic carbocycles. The van der Waals surface area contributed by atoms with Crippen molar-refractivity contribution >= 4 is 0 Å². The fourth-order valence-electron chi connectivity index (χ4n) is 1.44. The van der Waals surface area contributed by atoms with E-state index in [-0.39, 0.29) is 5.56 Å². The van der Waals surface area contributed by atoms with E-state index in [9.17, 15) is 8.78 Å². The molecule has 0 heterocycles. The van der Waals surface area contributed by atoms with Gasteiger partial charge in [0.25, 0.3) is 0 Å². The molecule has 0 aliphatic carbocycles. The van der Waals surface area contributed by atoms with Gasteiger partial charge in [0.2, 0.25) is 0 Å². The summed E-state index contributed by atoms with van der Waals surface area (Å²) in [5, 5.41) is 2.28. The molecule has 0 amide bonds. The summed E-state index contributed by atoms with van der Waals surface area (Å²) in [5.74, 6) is 0. The molecule has 0 aliphatic heterocycles. The smallest absolute Gasteiger partial charge is 0.254 e. The fourth-order valence-corrected chi connectivity index (χ4v) is 1.44. The predicted molar refractivity (Wildman–Crippen MR) is 58.0 cm³/mol. The van der Waals surface area contributed by atoms with E-state index in [2.05, 4.69) is 5.32 Å². The van der Waals surface area contributed by atoms with Crippen LogP contribution in [0.2, 0.25) is 0 Å². The average molecular weight is 213 g/mol. The molecule has 1 aromatic rings. The minimum Gasteiger partial charge on any atom is -0.254 e. The van der Waals surface area contributed by atoms with Gasteiger partial charge in [0.15, 0.2) is 0 Å². The second-order valence-corrected chi connectivity index (χ2v) is 3.67. The summed E-state index contributed by atoms with van der Waals surface area (Å²) < 4.78 is 27.3. The van der Waals surface area contributed by atoms with Gasteiger partial charge in [-0.25, -0.2) is 0 Å². The maximum Gasteiger partial charge on any atom is 0.329 e. The SMILES string of the molecule is CCCCNC(F)(F)c1ccccc1C. The predicted octanol–water partition coefficient (Wildman–Crippen LogP) is 3.43. The van der Waals surface area contributed by atoms with Gasteiger partial charge < -0.3 is 0 Å². The van der Waals surface area contributed by atoms with E-state index in [1.165, 1.54) is 6.07 Å². The zero-order valence-electron chi connectivity index (χ0n) is 9.19. The monoisotopic (exact) mass is 213 g/mol. The van der Waals surface area contributed by atoms with Crippen molar-refractivity contribution in [3.05, 3.63) is 35.4 Å². The van der Waals surface area contributed by atoms with Gasteiger partial charge in [0.05, 0.1) is 0 Å². The average Bonchev–Trinajstić information content (AvgIpc) is 2.18. The van der Waals surface area contributed by atoms with Crippen LogP contribution in [0.1, 0.15) is 30.9 Å². The third kappa shape index (κ3) is 3.27. The van der Waals surface area contributed by atoms with Gasteiger partial charge in [-0.1, -0.05) is 37.6 Å². The van der Waals surface area contributed by atoms with E-state index >= 15 is 0 Å². The maximum atomic E-state index is 13.6. The molecule has 0 unspecified atom stereocenters. The van der Waals surface area contributed by atoms with E-state index in [0.717, 1.165) is 12.8 Å². The second-order valence-electron chi connectivity index (χ2n) is 3.67. The van der Waals surface area contributed by atoms with Crippen molar-refractivity contribution < 1.29 is 8.78 Å². The molecule has 84 valence electrons. The molecule has 3 heteroatoms. The summed E-state index contributed by atoms with van der Waals surface area (Å²) >= 11 is 0. The number of unbranched alkanes of at least 4 members (excludes halogenated alkanes) is 1. The highest BCUT2D eigenvalue weighted by atomic mass is 19.3. The zero-order chi connectivity index (χ0) is 11.3. The first-order valence-electron chi connectivity index (χ1n) is 5.27. The van der Waals surface area contributed by atoms with Crippen LogP contribution in [0.25, 0.3) is 0 Å². The number of rotatable bonds is 5. The Kier molecular flexibility index (Phi) is 4.21. The van der Waals surface area contributed by atoms with Gasteiger partial charge >= 0.3 is 6.05 Å². The molecule has 0 saturated carbocycles. The largest absolute Gasteiger partial charge is 0.329 e. The zero-order valence-corrected chi connectivity index (χ0v) is 9.19. The van der Waals surface area contributed by atoms with Crippen LogP contribution in [0, 0.1) is 6.92 Å². The standard InChI is InChI=1S/C12H17F2N/c1-3-4-9-15-12(13,14)11-8-6-5-7-10(11)2/h5-8,15H,3-4,9H2,1-2H3. The van der Waals surface area contributed by atoms with E-state index in [4.69, 9.17) is 0 Å². The van der Waals surface area contributed by atoms with E-state index in [0.29, 0.717) is 12.1 Å². The van der Waals surface area contributed by atoms with Gasteiger partial charge in [-0.2, -0.15) is 8.78 Å². The number of alkyl halides is 2. The molecule has 15 heavy (non-hydrogen) atoms. The van der Waals surface area contributed by atoms with Gasteiger partial charge in [-0.15, -0.1) is 0 Å². The Labute approximate surface area is 89.5 Å². The quantitative estimate of drug-likeness (QED) is 0.583. The normalized spacial score (nSPS) is 11.7. The van der Waals surface area contributed by atoms with Crippen LogP contribution in [-0.4, -0.2) is 6.54 Å². The van der Waals surface area contributed by atoms with Gasteiger partial charge in [-0.05, 0) is 18.9 Å². The third-order valence-corrected chi connectivity index (χ3v) is 2.36. The summed E-state index contributed by atoms with van der Waals surface area (Å²) in [4.78, 5) is 0. The summed E-state index contributed by atoms with van der Waals surface area (Å²) in [5.41, 5.74) is 0.688. The van der Waals surface area contributed by atoms with Crippen LogP contribution >= 0.6 is 0 Å². The number of hydrogen-bond donors (Lipinski definition) is 1. The molecule has 0 aromatic heterocycles. The van der Waals surface area contributed by atoms with Crippen molar-refractivity contribution in [1.82, 2.24) is 5.32 Å².